The fourth-order valence-electron chi connectivity index (χ4n) is 3.58. The zero-order chi connectivity index (χ0) is 20.1. The minimum atomic E-state index is -3.74. The van der Waals surface area contributed by atoms with Crippen LogP contribution in [0.25, 0.3) is 0 Å². The first-order chi connectivity index (χ1) is 13.4. The Bertz CT molecular complexity index is 937. The molecule has 1 atom stereocenters. The van der Waals surface area contributed by atoms with Gasteiger partial charge in [-0.05, 0) is 51.1 Å². The summed E-state index contributed by atoms with van der Waals surface area (Å²) in [5.41, 5.74) is 1.34. The molecule has 0 amide bonds. The van der Waals surface area contributed by atoms with Crippen LogP contribution in [0, 0.1) is 0 Å². The summed E-state index contributed by atoms with van der Waals surface area (Å²) in [5.74, 6) is 0.582. The second-order valence-corrected chi connectivity index (χ2v) is 8.70. The highest BCUT2D eigenvalue weighted by atomic mass is 32.2. The van der Waals surface area contributed by atoms with E-state index in [-0.39, 0.29) is 23.3 Å². The van der Waals surface area contributed by atoms with Gasteiger partial charge in [0.05, 0.1) is 18.0 Å². The smallest absolute Gasteiger partial charge is 0.240 e. The van der Waals surface area contributed by atoms with E-state index >= 15 is 0 Å². The molecule has 6 nitrogen and oxygen atoms in total. The van der Waals surface area contributed by atoms with E-state index in [2.05, 4.69) is 9.62 Å². The highest BCUT2D eigenvalue weighted by molar-refractivity contribution is 7.89. The number of carbonyl (C=O) groups excluding carboxylic acids is 1. The lowest BCUT2D eigenvalue weighted by atomic mass is 10.0. The van der Waals surface area contributed by atoms with Crippen LogP contribution < -0.4 is 9.46 Å². The van der Waals surface area contributed by atoms with Gasteiger partial charge in [0, 0.05) is 17.7 Å². The normalized spacial score (nSPS) is 16.1. The van der Waals surface area contributed by atoms with Gasteiger partial charge < -0.3 is 4.74 Å². The number of ether oxygens (including phenoxy) is 1. The van der Waals surface area contributed by atoms with Gasteiger partial charge in [-0.3, -0.25) is 9.69 Å². The molecule has 1 saturated heterocycles. The van der Waals surface area contributed by atoms with Crippen molar-refractivity contribution < 1.29 is 17.9 Å². The summed E-state index contributed by atoms with van der Waals surface area (Å²) in [6, 6.07) is 13.7. The van der Waals surface area contributed by atoms with Crippen LogP contribution in [0.4, 0.5) is 0 Å². The molecule has 1 unspecified atom stereocenters. The minimum absolute atomic E-state index is 0.0976. The molecule has 0 aliphatic carbocycles. The molecule has 0 radical (unpaired) electrons. The number of carbonyl (C=O) groups is 1. The summed E-state index contributed by atoms with van der Waals surface area (Å²) in [6.07, 6.45) is 2.19. The maximum Gasteiger partial charge on any atom is 0.240 e. The number of ketones is 1. The number of benzene rings is 2. The Morgan fingerprint density at radius 2 is 1.86 bits per heavy atom. The average Bonchev–Trinajstić information content (AvgIpc) is 3.23. The number of para-hydroxylation sites is 1. The van der Waals surface area contributed by atoms with Crippen LogP contribution in [0.3, 0.4) is 0 Å². The van der Waals surface area contributed by atoms with E-state index in [0.717, 1.165) is 37.2 Å². The lowest BCUT2D eigenvalue weighted by Gasteiger charge is -2.29. The molecule has 0 saturated carbocycles. The standard InChI is InChI=1S/C21H26N2O4S/c1-16(24)17-8-7-9-18(14-17)28(25,26)22-15-20(23-12-5-6-13-23)19-10-3-4-11-21(19)27-2/h3-4,7-11,14,20,22H,5-6,12-13,15H2,1-2H3. The fourth-order valence-corrected chi connectivity index (χ4v) is 4.67. The predicted octanol–water partition coefficient (Wildman–Crippen LogP) is 3.01. The van der Waals surface area contributed by atoms with Crippen molar-refractivity contribution in [2.75, 3.05) is 26.7 Å². The van der Waals surface area contributed by atoms with Gasteiger partial charge in [-0.25, -0.2) is 13.1 Å². The maximum atomic E-state index is 12.8. The number of nitrogens with one attached hydrogen (secondary N) is 1. The summed E-state index contributed by atoms with van der Waals surface area (Å²) in [4.78, 5) is 14.0. The molecule has 0 spiro atoms. The summed E-state index contributed by atoms with van der Waals surface area (Å²) >= 11 is 0. The highest BCUT2D eigenvalue weighted by Crippen LogP contribution is 2.31. The summed E-state index contributed by atoms with van der Waals surface area (Å²) in [5, 5.41) is 0. The number of nitrogens with zero attached hydrogens (tertiary/aromatic N) is 1. The van der Waals surface area contributed by atoms with E-state index < -0.39 is 10.0 Å². The Kier molecular flexibility index (Phi) is 6.49. The second kappa shape index (κ2) is 8.86. The van der Waals surface area contributed by atoms with Gasteiger partial charge in [-0.15, -0.1) is 0 Å². The molecule has 1 heterocycles. The molecule has 2 aromatic carbocycles. The first-order valence-electron chi connectivity index (χ1n) is 9.40. The van der Waals surface area contributed by atoms with Crippen LogP contribution in [0.15, 0.2) is 53.4 Å². The zero-order valence-corrected chi connectivity index (χ0v) is 17.0. The van der Waals surface area contributed by atoms with Crippen molar-refractivity contribution >= 4 is 15.8 Å². The number of Topliss-reactive ketones (excluding diaryl/α,β-unsaturated/α-hetero) is 1. The number of hydrogen-bond donors (Lipinski definition) is 1. The van der Waals surface area contributed by atoms with Crippen molar-refractivity contribution in [3.05, 3.63) is 59.7 Å². The van der Waals surface area contributed by atoms with Crippen LogP contribution in [0.5, 0.6) is 5.75 Å². The lowest BCUT2D eigenvalue weighted by Crippen LogP contribution is -2.37. The SMILES string of the molecule is COc1ccccc1C(CNS(=O)(=O)c1cccc(C(C)=O)c1)N1CCCC1. The van der Waals surface area contributed by atoms with Gasteiger partial charge in [0.25, 0.3) is 0 Å². The third-order valence-corrected chi connectivity index (χ3v) is 6.52. The Morgan fingerprint density at radius 3 is 2.54 bits per heavy atom. The van der Waals surface area contributed by atoms with Crippen molar-refractivity contribution in [2.45, 2.75) is 30.7 Å². The van der Waals surface area contributed by atoms with E-state index in [1.54, 1.807) is 19.2 Å². The van der Waals surface area contributed by atoms with E-state index in [9.17, 15) is 13.2 Å². The number of methoxy groups -OCH3 is 1. The minimum Gasteiger partial charge on any atom is -0.496 e. The van der Waals surface area contributed by atoms with Crippen LogP contribution in [-0.4, -0.2) is 45.8 Å². The van der Waals surface area contributed by atoms with Crippen molar-refractivity contribution in [1.29, 1.82) is 0 Å². The number of rotatable bonds is 8. The quantitative estimate of drug-likeness (QED) is 0.687. The molecule has 0 bridgehead atoms. The molecule has 28 heavy (non-hydrogen) atoms. The molecular weight excluding hydrogens is 376 g/mol. The largest absolute Gasteiger partial charge is 0.496 e. The monoisotopic (exact) mass is 402 g/mol. The van der Waals surface area contributed by atoms with Gasteiger partial charge in [0.2, 0.25) is 10.0 Å². The molecular formula is C21H26N2O4S. The van der Waals surface area contributed by atoms with Crippen LogP contribution in [0.2, 0.25) is 0 Å². The van der Waals surface area contributed by atoms with Crippen LogP contribution in [0.1, 0.15) is 41.7 Å². The first kappa shape index (κ1) is 20.5. The van der Waals surface area contributed by atoms with Gasteiger partial charge in [0.1, 0.15) is 5.75 Å². The van der Waals surface area contributed by atoms with Gasteiger partial charge in [-0.2, -0.15) is 0 Å². The van der Waals surface area contributed by atoms with Crippen molar-refractivity contribution in [2.24, 2.45) is 0 Å². The summed E-state index contributed by atoms with van der Waals surface area (Å²) < 4.78 is 33.9. The predicted molar refractivity (Wildman–Crippen MR) is 108 cm³/mol. The average molecular weight is 403 g/mol. The summed E-state index contributed by atoms with van der Waals surface area (Å²) in [6.45, 7) is 3.49. The molecule has 1 N–H and O–H groups in total. The van der Waals surface area contributed by atoms with E-state index in [4.69, 9.17) is 4.74 Å². The Balaban J connectivity index is 1.85. The van der Waals surface area contributed by atoms with E-state index in [0.29, 0.717) is 5.56 Å². The topological polar surface area (TPSA) is 75.7 Å². The molecule has 1 aliphatic heterocycles. The zero-order valence-electron chi connectivity index (χ0n) is 16.2. The number of sulfonamides is 1. The molecule has 150 valence electrons. The maximum absolute atomic E-state index is 12.8. The molecule has 0 aromatic heterocycles. The summed E-state index contributed by atoms with van der Waals surface area (Å²) in [7, 11) is -2.12. The Morgan fingerprint density at radius 1 is 1.14 bits per heavy atom. The van der Waals surface area contributed by atoms with Gasteiger partial charge in [0.15, 0.2) is 5.78 Å². The van der Waals surface area contributed by atoms with Gasteiger partial charge in [-0.1, -0.05) is 30.3 Å². The lowest BCUT2D eigenvalue weighted by molar-refractivity contribution is 0.101. The van der Waals surface area contributed by atoms with Gasteiger partial charge >= 0.3 is 0 Å². The highest BCUT2D eigenvalue weighted by Gasteiger charge is 2.27. The Labute approximate surface area is 166 Å². The van der Waals surface area contributed by atoms with E-state index in [1.165, 1.54) is 19.1 Å². The number of likely N-dealkylation sites (tertiary alicyclic amines) is 1. The molecule has 1 fully saturated rings. The van der Waals surface area contributed by atoms with E-state index in [1.807, 2.05) is 24.3 Å². The fraction of sp³-hybridized carbons (Fsp3) is 0.381. The third kappa shape index (κ3) is 4.60. The molecule has 2 aromatic rings. The molecule has 3 rings (SSSR count). The van der Waals surface area contributed by atoms with Crippen LogP contribution >= 0.6 is 0 Å². The Hall–Kier alpha value is -2.22. The second-order valence-electron chi connectivity index (χ2n) is 6.94. The van der Waals surface area contributed by atoms with Crippen molar-refractivity contribution in [3.63, 3.8) is 0 Å². The van der Waals surface area contributed by atoms with Crippen LogP contribution in [-0.2, 0) is 10.0 Å². The van der Waals surface area contributed by atoms with Crippen molar-refractivity contribution in [3.8, 4) is 5.75 Å². The molecule has 7 heteroatoms. The number of hydrogen-bond acceptors (Lipinski definition) is 5. The van der Waals surface area contributed by atoms with Crippen molar-refractivity contribution in [1.82, 2.24) is 9.62 Å². The first-order valence-corrected chi connectivity index (χ1v) is 10.9. The molecule has 1 aliphatic rings. The third-order valence-electron chi connectivity index (χ3n) is 5.10.